The van der Waals surface area contributed by atoms with E-state index in [1.165, 1.54) is 23.4 Å². The van der Waals surface area contributed by atoms with E-state index in [1.807, 2.05) is 13.8 Å². The molecule has 6 nitrogen and oxygen atoms in total. The molecule has 1 aliphatic carbocycles. The maximum Gasteiger partial charge on any atom is 2.00 e. The number of amides is 1. The van der Waals surface area contributed by atoms with E-state index in [0.29, 0.717) is 24.5 Å². The van der Waals surface area contributed by atoms with Gasteiger partial charge in [0.15, 0.2) is 5.91 Å². The monoisotopic (exact) mass is 531 g/mol. The van der Waals surface area contributed by atoms with Gasteiger partial charge in [-0.1, -0.05) is 31.5 Å². The van der Waals surface area contributed by atoms with E-state index in [0.717, 1.165) is 55.5 Å². The van der Waals surface area contributed by atoms with Crippen LogP contribution in [0.2, 0.25) is 0 Å². The van der Waals surface area contributed by atoms with Gasteiger partial charge in [0.05, 0.1) is 18.3 Å². The van der Waals surface area contributed by atoms with Gasteiger partial charge in [-0.15, -0.1) is 11.6 Å². The Balaban J connectivity index is 0.000000861. The predicted octanol–water partition coefficient (Wildman–Crippen LogP) is 4.98. The minimum atomic E-state index is -0.103. The molecular weight excluding hydrogens is 495 g/mol. The summed E-state index contributed by atoms with van der Waals surface area (Å²) < 4.78 is 8.04. The average Bonchev–Trinajstić information content (AvgIpc) is 3.56. The molecule has 0 saturated carbocycles. The first-order chi connectivity index (χ1) is 17.0. The number of fused-ring (bicyclic) bond motifs is 2. The van der Waals surface area contributed by atoms with Gasteiger partial charge >= 0.3 is 16.8 Å². The fourth-order valence-corrected chi connectivity index (χ4v) is 4.64. The minimum absolute atomic E-state index is 0. The molecule has 36 heavy (non-hydrogen) atoms. The van der Waals surface area contributed by atoms with Crippen molar-refractivity contribution < 1.29 is 26.3 Å². The van der Waals surface area contributed by atoms with E-state index in [9.17, 15) is 4.79 Å². The molecule has 0 saturated heterocycles. The van der Waals surface area contributed by atoms with Crippen LogP contribution in [0.15, 0.2) is 36.5 Å². The van der Waals surface area contributed by atoms with Gasteiger partial charge < -0.3 is 27.3 Å². The van der Waals surface area contributed by atoms with Crippen molar-refractivity contribution in [2.75, 3.05) is 13.2 Å². The summed E-state index contributed by atoms with van der Waals surface area (Å²) >= 11 is 0. The van der Waals surface area contributed by atoms with Crippen LogP contribution in [-0.2, 0) is 36.2 Å². The topological polar surface area (TPSA) is 82.2 Å². The molecule has 3 N–H and O–H groups in total. The normalized spacial score (nSPS) is 15.3. The second-order valence-electron chi connectivity index (χ2n) is 9.19. The molecule has 1 radical (unpaired) electrons. The third-order valence-electron chi connectivity index (χ3n) is 6.45. The molecule has 1 atom stereocenters. The van der Waals surface area contributed by atoms with Crippen molar-refractivity contribution in [3.63, 3.8) is 0 Å². The molecule has 1 aromatic heterocycles. The zero-order valence-corrected chi connectivity index (χ0v) is 22.3. The number of aromatic nitrogens is 2. The molecule has 3 aromatic rings. The van der Waals surface area contributed by atoms with E-state index < -0.39 is 0 Å². The molecule has 1 unspecified atom stereocenters. The molecule has 0 spiro atoms. The largest absolute Gasteiger partial charge is 2.00 e. The second kappa shape index (κ2) is 13.1. The molecule has 0 fully saturated rings. The van der Waals surface area contributed by atoms with E-state index in [2.05, 4.69) is 47.3 Å². The van der Waals surface area contributed by atoms with Crippen molar-refractivity contribution in [3.8, 4) is 17.0 Å². The zero-order chi connectivity index (χ0) is 24.8. The number of benzene rings is 2. The molecule has 1 aliphatic heterocycles. The minimum Gasteiger partial charge on any atom is -0.551 e. The van der Waals surface area contributed by atoms with Crippen LogP contribution in [0.25, 0.3) is 11.3 Å². The molecule has 5 rings (SSSR count). The fourth-order valence-electron chi connectivity index (χ4n) is 4.64. The molecule has 2 aliphatic rings. The molecule has 193 valence electrons. The smallest absolute Gasteiger partial charge is 0.551 e. The Labute approximate surface area is 225 Å². The zero-order valence-electron chi connectivity index (χ0n) is 21.2. The maximum atomic E-state index is 13.0. The molecular formula is C29H36CoN4O2. The predicted molar refractivity (Wildman–Crippen MR) is 139 cm³/mol. The van der Waals surface area contributed by atoms with Crippen molar-refractivity contribution in [1.82, 2.24) is 14.9 Å². The van der Waals surface area contributed by atoms with Gasteiger partial charge in [-0.2, -0.15) is 18.6 Å². The summed E-state index contributed by atoms with van der Waals surface area (Å²) in [5, 5.41) is 3.22. The summed E-state index contributed by atoms with van der Waals surface area (Å²) in [6, 6.07) is 13.2. The Morgan fingerprint density at radius 3 is 2.89 bits per heavy atom. The second-order valence-corrected chi connectivity index (χ2v) is 9.19. The molecule has 2 aromatic carbocycles. The van der Waals surface area contributed by atoms with Gasteiger partial charge in [0.2, 0.25) is 0 Å². The van der Waals surface area contributed by atoms with Crippen molar-refractivity contribution >= 4 is 5.91 Å². The van der Waals surface area contributed by atoms with E-state index in [1.54, 1.807) is 12.1 Å². The number of nitrogens with zero attached hydrogens (tertiary/aromatic N) is 2. The standard InChI is InChI=1S/C26H29N4O2.C3H7.Co/c1-17-5-6-20(15-24(17)32-13-3-11-27)26(31)29-22-10-9-18-7-8-19(14-21(18)22)23-16-30-12-2-4-25(30)28-23;1-3-2;/h6-8,14-16,22H,2-4,9-13,27H2,1H3,(H,29,31);1,3H2,2H3;/q2*-1;+2. The summed E-state index contributed by atoms with van der Waals surface area (Å²) in [6.07, 6.45) is 8.03. The van der Waals surface area contributed by atoms with Gasteiger partial charge in [-0.25, -0.2) is 4.98 Å². The maximum absolute atomic E-state index is 13.0. The first-order valence-corrected chi connectivity index (χ1v) is 12.7. The molecule has 2 heterocycles. The number of hydrogen-bond acceptors (Lipinski definition) is 4. The number of imidazole rings is 1. The van der Waals surface area contributed by atoms with Gasteiger partial charge in [-0.3, -0.25) is 4.79 Å². The van der Waals surface area contributed by atoms with Crippen molar-refractivity contribution in [3.05, 3.63) is 77.6 Å². The van der Waals surface area contributed by atoms with Crippen LogP contribution in [0.4, 0.5) is 0 Å². The summed E-state index contributed by atoms with van der Waals surface area (Å²) in [4.78, 5) is 17.8. The summed E-state index contributed by atoms with van der Waals surface area (Å²) in [6.45, 7) is 9.59. The Hall–Kier alpha value is -2.61. The Bertz CT molecular complexity index is 1150. The Morgan fingerprint density at radius 1 is 1.33 bits per heavy atom. The molecule has 7 heteroatoms. The number of carbonyl (C=O) groups is 1. The first-order valence-electron chi connectivity index (χ1n) is 12.7. The van der Waals surface area contributed by atoms with Crippen LogP contribution in [-0.4, -0.2) is 28.6 Å². The van der Waals surface area contributed by atoms with Crippen molar-refractivity contribution in [2.24, 2.45) is 5.73 Å². The molecule has 0 bridgehead atoms. The van der Waals surface area contributed by atoms with Gasteiger partial charge in [-0.05, 0) is 49.4 Å². The Kier molecular flexibility index (Phi) is 10.2. The fraction of sp³-hybridized carbons (Fsp3) is 0.414. The van der Waals surface area contributed by atoms with E-state index >= 15 is 0 Å². The van der Waals surface area contributed by atoms with Crippen LogP contribution >= 0.6 is 0 Å². The number of rotatable bonds is 7. The first kappa shape index (κ1) is 28.0. The third-order valence-corrected chi connectivity index (χ3v) is 6.45. The van der Waals surface area contributed by atoms with Crippen LogP contribution in [0.3, 0.4) is 0 Å². The SMILES string of the molecule is Cc1[c-]cc(C(=O)NC2CCc3ccc(-c4cn5c(n4)CCC5)cc32)cc1OCCCN.[CH2-]CC.[Co+2]. The number of nitrogens with two attached hydrogens (primary N) is 1. The van der Waals surface area contributed by atoms with Gasteiger partial charge in [0.25, 0.3) is 0 Å². The summed E-state index contributed by atoms with van der Waals surface area (Å²) in [7, 11) is 0. The van der Waals surface area contributed by atoms with Crippen LogP contribution in [0.1, 0.15) is 71.5 Å². The number of ether oxygens (including phenoxy) is 1. The van der Waals surface area contributed by atoms with Crippen LogP contribution < -0.4 is 15.8 Å². The van der Waals surface area contributed by atoms with Crippen LogP contribution in [0, 0.1) is 19.9 Å². The van der Waals surface area contributed by atoms with Crippen molar-refractivity contribution in [2.45, 2.75) is 65.0 Å². The Morgan fingerprint density at radius 2 is 2.14 bits per heavy atom. The van der Waals surface area contributed by atoms with E-state index in [-0.39, 0.29) is 28.7 Å². The van der Waals surface area contributed by atoms with Crippen LogP contribution in [0.5, 0.6) is 5.75 Å². The van der Waals surface area contributed by atoms with E-state index in [4.69, 9.17) is 15.5 Å². The number of carbonyl (C=O) groups excluding carboxylic acids is 1. The van der Waals surface area contributed by atoms with Gasteiger partial charge in [0, 0.05) is 30.5 Å². The summed E-state index contributed by atoms with van der Waals surface area (Å²) in [5.41, 5.74) is 11.6. The number of nitrogens with one attached hydrogen (secondary N) is 1. The third kappa shape index (κ3) is 6.38. The molecule has 1 amide bonds. The average molecular weight is 532 g/mol. The quantitative estimate of drug-likeness (QED) is 0.333. The van der Waals surface area contributed by atoms with Crippen molar-refractivity contribution in [1.29, 1.82) is 0 Å². The number of hydrogen-bond donors (Lipinski definition) is 2. The summed E-state index contributed by atoms with van der Waals surface area (Å²) in [5.74, 6) is 1.76. The van der Waals surface area contributed by atoms with Gasteiger partial charge in [0.1, 0.15) is 5.82 Å². The number of aryl methyl sites for hydroxylation is 4.